The summed E-state index contributed by atoms with van der Waals surface area (Å²) in [7, 11) is -2.62. The number of ether oxygens (including phenoxy) is 1. The number of amides is 1. The average Bonchev–Trinajstić information content (AvgIpc) is 3.92. The van der Waals surface area contributed by atoms with Gasteiger partial charge in [-0.2, -0.15) is 5.26 Å². The molecule has 0 saturated heterocycles. The van der Waals surface area contributed by atoms with Crippen LogP contribution in [0, 0.1) is 39.0 Å². The third-order valence-corrected chi connectivity index (χ3v) is 13.9. The first-order valence-corrected chi connectivity index (χ1v) is 21.9. The number of H-pyrrole nitrogens is 1. The van der Waals surface area contributed by atoms with Crippen LogP contribution >= 0.6 is 22.9 Å². The molecule has 0 radical (unpaired) electrons. The van der Waals surface area contributed by atoms with Crippen LogP contribution in [-0.4, -0.2) is 52.9 Å². The van der Waals surface area contributed by atoms with Gasteiger partial charge in [0.25, 0.3) is 15.9 Å². The number of carbonyl (C=O) groups excluding carboxylic acids is 2. The van der Waals surface area contributed by atoms with E-state index < -0.39 is 28.1 Å². The number of hydrogen-bond donors (Lipinski definition) is 3. The van der Waals surface area contributed by atoms with Crippen LogP contribution in [0.2, 0.25) is 5.02 Å². The molecule has 0 saturated carbocycles. The fourth-order valence-corrected chi connectivity index (χ4v) is 10.1. The maximum absolute atomic E-state index is 13.5. The third-order valence-electron chi connectivity index (χ3n) is 11.0. The molecular formula is C45H39ClN8O5S2. The van der Waals surface area contributed by atoms with Crippen molar-refractivity contribution in [2.24, 2.45) is 4.99 Å². The lowest BCUT2D eigenvalue weighted by Gasteiger charge is -2.16. The number of benzene rings is 4. The summed E-state index contributed by atoms with van der Waals surface area (Å²) in [6.07, 6.45) is 1.56. The number of aromatic nitrogens is 4. The molecule has 8 rings (SSSR count). The summed E-state index contributed by atoms with van der Waals surface area (Å²) in [5, 5.41) is 23.1. The van der Waals surface area contributed by atoms with Crippen LogP contribution in [0.25, 0.3) is 27.0 Å². The first-order valence-electron chi connectivity index (χ1n) is 19.2. The van der Waals surface area contributed by atoms with Crippen LogP contribution in [0.1, 0.15) is 85.7 Å². The molecule has 3 N–H and O–H groups in total. The van der Waals surface area contributed by atoms with Gasteiger partial charge in [-0.05, 0) is 92.8 Å². The first-order chi connectivity index (χ1) is 29.2. The lowest BCUT2D eigenvalue weighted by atomic mass is 9.96. The van der Waals surface area contributed by atoms with E-state index >= 15 is 0 Å². The molecule has 16 heteroatoms. The molecule has 7 aromatic rings. The molecule has 4 aromatic carbocycles. The lowest BCUT2D eigenvalue weighted by Crippen LogP contribution is -2.27. The summed E-state index contributed by atoms with van der Waals surface area (Å²) in [6.45, 7) is 9.68. The van der Waals surface area contributed by atoms with Crippen LogP contribution in [-0.2, 0) is 19.6 Å². The number of anilines is 1. The van der Waals surface area contributed by atoms with Crippen molar-refractivity contribution < 1.29 is 22.7 Å². The second-order valence-corrected chi connectivity index (χ2v) is 18.1. The first kappa shape index (κ1) is 41.1. The summed E-state index contributed by atoms with van der Waals surface area (Å²) in [5.74, 6) is 0.494. The minimum atomic E-state index is -3.98. The molecule has 2 atom stereocenters. The van der Waals surface area contributed by atoms with Crippen LogP contribution in [0.15, 0.2) is 94.9 Å². The number of rotatable bonds is 10. The van der Waals surface area contributed by atoms with Gasteiger partial charge >= 0.3 is 5.97 Å². The Morgan fingerprint density at radius 3 is 2.38 bits per heavy atom. The van der Waals surface area contributed by atoms with Crippen molar-refractivity contribution in [3.8, 4) is 22.2 Å². The van der Waals surface area contributed by atoms with E-state index in [1.54, 1.807) is 60.9 Å². The topological polar surface area (TPSA) is 184 Å². The number of methoxy groups -OCH3 is 1. The van der Waals surface area contributed by atoms with Crippen LogP contribution < -0.4 is 10.0 Å². The maximum atomic E-state index is 13.5. The number of fused-ring (bicyclic) bond motifs is 4. The van der Waals surface area contributed by atoms with Crippen LogP contribution in [0.3, 0.4) is 0 Å². The van der Waals surface area contributed by atoms with Gasteiger partial charge in [-0.15, -0.1) is 21.5 Å². The largest absolute Gasteiger partial charge is 0.469 e. The zero-order valence-electron chi connectivity index (χ0n) is 33.9. The van der Waals surface area contributed by atoms with Gasteiger partial charge in [-0.1, -0.05) is 60.1 Å². The highest BCUT2D eigenvalue weighted by Gasteiger charge is 2.33. The summed E-state index contributed by atoms with van der Waals surface area (Å²) in [6, 6.07) is 23.9. The number of aliphatic imine (C=N–C) groups is 1. The molecule has 0 spiro atoms. The Bertz CT molecular complexity index is 3090. The number of nitrogens with one attached hydrogen (secondary N) is 3. The van der Waals surface area contributed by atoms with Gasteiger partial charge in [0.05, 0.1) is 57.5 Å². The van der Waals surface area contributed by atoms with Gasteiger partial charge in [0.1, 0.15) is 22.9 Å². The smallest absolute Gasteiger partial charge is 0.308 e. The van der Waals surface area contributed by atoms with Crippen LogP contribution in [0.4, 0.5) is 5.69 Å². The Labute approximate surface area is 361 Å². The van der Waals surface area contributed by atoms with Gasteiger partial charge in [0.15, 0.2) is 5.82 Å². The van der Waals surface area contributed by atoms with Crippen molar-refractivity contribution in [3.63, 3.8) is 0 Å². The van der Waals surface area contributed by atoms with E-state index in [4.69, 9.17) is 21.3 Å². The van der Waals surface area contributed by atoms with Crippen molar-refractivity contribution in [2.75, 3.05) is 11.8 Å². The van der Waals surface area contributed by atoms with E-state index in [1.807, 2.05) is 48.7 Å². The lowest BCUT2D eigenvalue weighted by molar-refractivity contribution is -0.141. The second kappa shape index (κ2) is 16.1. The Hall–Kier alpha value is -6.60. The molecule has 0 aliphatic carbocycles. The quantitative estimate of drug-likeness (QED) is 0.114. The second-order valence-electron chi connectivity index (χ2n) is 14.8. The summed E-state index contributed by atoms with van der Waals surface area (Å²) in [4.78, 5) is 35.3. The van der Waals surface area contributed by atoms with Crippen molar-refractivity contribution in [3.05, 3.63) is 146 Å². The highest BCUT2D eigenvalue weighted by atomic mass is 35.5. The third kappa shape index (κ3) is 7.58. The number of esters is 1. The monoisotopic (exact) mass is 870 g/mol. The molecule has 13 nitrogen and oxygen atoms in total. The van der Waals surface area contributed by atoms with Gasteiger partial charge in [0, 0.05) is 27.6 Å². The number of aryl methyl sites for hydroxylation is 3. The Morgan fingerprint density at radius 2 is 1.69 bits per heavy atom. The number of hydrogen-bond acceptors (Lipinski definition) is 10. The highest BCUT2D eigenvalue weighted by molar-refractivity contribution is 7.92. The number of nitriles is 1. The average molecular weight is 871 g/mol. The predicted molar refractivity (Wildman–Crippen MR) is 236 cm³/mol. The number of aromatic amines is 1. The zero-order valence-corrected chi connectivity index (χ0v) is 36.3. The van der Waals surface area contributed by atoms with Crippen molar-refractivity contribution in [2.45, 2.75) is 58.0 Å². The van der Waals surface area contributed by atoms with Gasteiger partial charge in [-0.25, -0.2) is 8.42 Å². The van der Waals surface area contributed by atoms with Gasteiger partial charge < -0.3 is 15.0 Å². The minimum Gasteiger partial charge on any atom is -0.469 e. The van der Waals surface area contributed by atoms with Gasteiger partial charge in [0.2, 0.25) is 0 Å². The molecule has 1 amide bonds. The van der Waals surface area contributed by atoms with E-state index in [9.17, 15) is 23.3 Å². The Morgan fingerprint density at radius 1 is 0.984 bits per heavy atom. The molecule has 1 aliphatic rings. The van der Waals surface area contributed by atoms with E-state index in [0.29, 0.717) is 39.4 Å². The SMILES string of the molecule is COC(=O)C[C@@H]1N=C(c2ccc(-c3ccc(C(=O)N[C@H](C)c4ccc(S(=O)(=O)Nc5ccc(C)c6c(C#N)c[nH]c56)cc4)c(Cl)c3)cc2)c2c(sc(C)c2C)-n2c(C)nnc21. The fourth-order valence-electron chi connectivity index (χ4n) is 7.56. The molecule has 0 unspecified atom stereocenters. The molecule has 3 aromatic heterocycles. The van der Waals surface area contributed by atoms with E-state index in [2.05, 4.69) is 45.1 Å². The summed E-state index contributed by atoms with van der Waals surface area (Å²) < 4.78 is 36.4. The molecule has 61 heavy (non-hydrogen) atoms. The normalized spacial score (nSPS) is 14.0. The molecule has 1 aliphatic heterocycles. The highest BCUT2D eigenvalue weighted by Crippen LogP contribution is 2.40. The fraction of sp³-hybridized carbons (Fsp3) is 0.200. The maximum Gasteiger partial charge on any atom is 0.308 e. The Kier molecular flexibility index (Phi) is 10.9. The standard InChI is InChI=1S/C45H39ClN8O5S2/c1-23-7-18-36(42-39(23)32(21-47)22-48-42)53-61(57,58)33-15-12-28(13-16-33)25(3)49-44(56)34-17-14-31(19-35(34)46)29-8-10-30(11-9-29)41-40-24(2)26(4)60-45(40)54-27(5)51-52-43(54)37(50-41)20-38(55)59-6/h7-19,22,25,37,48,53H,20H2,1-6H3,(H,49,56)/t25-,37+/m1/s1. The van der Waals surface area contributed by atoms with Crippen LogP contribution in [0.5, 0.6) is 0 Å². The number of thiophene rings is 1. The molecular weight excluding hydrogens is 832 g/mol. The minimum absolute atomic E-state index is 0.00831. The van der Waals surface area contributed by atoms with E-state index in [0.717, 1.165) is 49.0 Å². The summed E-state index contributed by atoms with van der Waals surface area (Å²) in [5.41, 5.74) is 8.42. The number of nitrogens with zero attached hydrogens (tertiary/aromatic N) is 5. The zero-order chi connectivity index (χ0) is 43.3. The number of carbonyl (C=O) groups is 2. The Balaban J connectivity index is 0.980. The molecule has 0 fully saturated rings. The van der Waals surface area contributed by atoms with Gasteiger partial charge in [-0.3, -0.25) is 23.9 Å². The molecule has 308 valence electrons. The van der Waals surface area contributed by atoms with E-state index in [1.165, 1.54) is 19.2 Å². The molecule has 4 heterocycles. The van der Waals surface area contributed by atoms with E-state index in [-0.39, 0.29) is 27.8 Å². The predicted octanol–water partition coefficient (Wildman–Crippen LogP) is 8.98. The van der Waals surface area contributed by atoms with Crippen molar-refractivity contribution in [1.82, 2.24) is 25.1 Å². The summed E-state index contributed by atoms with van der Waals surface area (Å²) >= 11 is 8.37. The van der Waals surface area contributed by atoms with Crippen molar-refractivity contribution >= 4 is 67.1 Å². The van der Waals surface area contributed by atoms with Crippen molar-refractivity contribution in [1.29, 1.82) is 5.26 Å². The number of halogens is 1. The number of sulfonamides is 1. The molecule has 0 bridgehead atoms.